The van der Waals surface area contributed by atoms with Gasteiger partial charge in [-0.15, -0.1) is 0 Å². The monoisotopic (exact) mass is 337 g/mol. The summed E-state index contributed by atoms with van der Waals surface area (Å²) >= 11 is 0. The lowest BCUT2D eigenvalue weighted by Gasteiger charge is -2.34. The maximum atomic E-state index is 10.9. The molecule has 130 valence electrons. The van der Waals surface area contributed by atoms with Gasteiger partial charge in [0.15, 0.2) is 0 Å². The lowest BCUT2D eigenvalue weighted by Crippen LogP contribution is -2.45. The van der Waals surface area contributed by atoms with Gasteiger partial charge in [-0.1, -0.05) is 54.6 Å². The standard InChI is InChI=1S/C20H23N3O2/c24-23(25)20-10-4-8-19(16-20)17-22-14-12-21(13-15-22)11-5-9-18-6-2-1-3-7-18/h1-10,16H,11-15,17H2. The van der Waals surface area contributed by atoms with Crippen molar-refractivity contribution in [3.63, 3.8) is 0 Å². The van der Waals surface area contributed by atoms with E-state index < -0.39 is 0 Å². The van der Waals surface area contributed by atoms with Crippen LogP contribution in [0.2, 0.25) is 0 Å². The largest absolute Gasteiger partial charge is 0.297 e. The van der Waals surface area contributed by atoms with E-state index in [1.807, 2.05) is 24.3 Å². The summed E-state index contributed by atoms with van der Waals surface area (Å²) in [6.45, 7) is 5.75. The summed E-state index contributed by atoms with van der Waals surface area (Å²) in [6, 6.07) is 17.3. The van der Waals surface area contributed by atoms with Crippen LogP contribution in [-0.2, 0) is 6.54 Å². The highest BCUT2D eigenvalue weighted by Gasteiger charge is 2.16. The van der Waals surface area contributed by atoms with Crippen molar-refractivity contribution in [2.75, 3.05) is 32.7 Å². The summed E-state index contributed by atoms with van der Waals surface area (Å²) in [7, 11) is 0. The fourth-order valence-corrected chi connectivity index (χ4v) is 3.06. The van der Waals surface area contributed by atoms with Gasteiger partial charge >= 0.3 is 0 Å². The van der Waals surface area contributed by atoms with E-state index in [-0.39, 0.29) is 10.6 Å². The Labute approximate surface area is 148 Å². The minimum atomic E-state index is -0.333. The van der Waals surface area contributed by atoms with Crippen LogP contribution in [-0.4, -0.2) is 47.4 Å². The van der Waals surface area contributed by atoms with Gasteiger partial charge in [0.2, 0.25) is 0 Å². The second-order valence-corrected chi connectivity index (χ2v) is 6.32. The van der Waals surface area contributed by atoms with E-state index >= 15 is 0 Å². The van der Waals surface area contributed by atoms with Gasteiger partial charge in [0, 0.05) is 51.4 Å². The molecule has 5 nitrogen and oxygen atoms in total. The minimum Gasteiger partial charge on any atom is -0.297 e. The van der Waals surface area contributed by atoms with Crippen LogP contribution in [0.4, 0.5) is 5.69 Å². The maximum absolute atomic E-state index is 10.9. The molecule has 0 aliphatic carbocycles. The molecule has 1 fully saturated rings. The highest BCUT2D eigenvalue weighted by molar-refractivity contribution is 5.48. The molecule has 3 rings (SSSR count). The predicted molar refractivity (Wildman–Crippen MR) is 100 cm³/mol. The molecule has 1 heterocycles. The summed E-state index contributed by atoms with van der Waals surface area (Å²) in [4.78, 5) is 15.3. The van der Waals surface area contributed by atoms with E-state index in [2.05, 4.69) is 34.1 Å². The molecule has 0 aromatic heterocycles. The van der Waals surface area contributed by atoms with E-state index in [4.69, 9.17) is 0 Å². The summed E-state index contributed by atoms with van der Waals surface area (Å²) < 4.78 is 0. The molecule has 0 amide bonds. The van der Waals surface area contributed by atoms with Crippen molar-refractivity contribution in [2.24, 2.45) is 0 Å². The molecule has 1 aliphatic heterocycles. The van der Waals surface area contributed by atoms with Gasteiger partial charge in [0.25, 0.3) is 5.69 Å². The molecule has 25 heavy (non-hydrogen) atoms. The van der Waals surface area contributed by atoms with Crippen molar-refractivity contribution >= 4 is 11.8 Å². The number of non-ortho nitro benzene ring substituents is 1. The molecule has 0 bridgehead atoms. The Morgan fingerprint density at radius 3 is 2.40 bits per heavy atom. The van der Waals surface area contributed by atoms with Crippen molar-refractivity contribution in [1.29, 1.82) is 0 Å². The first kappa shape index (κ1) is 17.3. The number of benzene rings is 2. The number of rotatable bonds is 6. The SMILES string of the molecule is O=[N+]([O-])c1cccc(CN2CCN(CC=Cc3ccccc3)CC2)c1. The number of hydrogen-bond acceptors (Lipinski definition) is 4. The Kier molecular flexibility index (Phi) is 5.93. The van der Waals surface area contributed by atoms with Gasteiger partial charge < -0.3 is 0 Å². The molecular weight excluding hydrogens is 314 g/mol. The van der Waals surface area contributed by atoms with Gasteiger partial charge in [-0.3, -0.25) is 19.9 Å². The van der Waals surface area contributed by atoms with E-state index in [1.54, 1.807) is 18.2 Å². The zero-order valence-electron chi connectivity index (χ0n) is 14.3. The zero-order chi connectivity index (χ0) is 17.5. The van der Waals surface area contributed by atoms with Crippen molar-refractivity contribution < 1.29 is 4.92 Å². The number of nitrogens with zero attached hydrogens (tertiary/aromatic N) is 3. The highest BCUT2D eigenvalue weighted by Crippen LogP contribution is 2.15. The third-order valence-corrected chi connectivity index (χ3v) is 4.47. The Morgan fingerprint density at radius 1 is 0.960 bits per heavy atom. The van der Waals surface area contributed by atoms with Gasteiger partial charge in [-0.25, -0.2) is 0 Å². The van der Waals surface area contributed by atoms with E-state index in [0.29, 0.717) is 0 Å². The molecule has 1 saturated heterocycles. The number of nitro benzene ring substituents is 1. The Morgan fingerprint density at radius 2 is 1.68 bits per heavy atom. The molecule has 0 spiro atoms. The summed E-state index contributed by atoms with van der Waals surface area (Å²) in [5, 5.41) is 10.9. The second-order valence-electron chi connectivity index (χ2n) is 6.32. The minimum absolute atomic E-state index is 0.169. The van der Waals surface area contributed by atoms with Crippen LogP contribution < -0.4 is 0 Å². The fourth-order valence-electron chi connectivity index (χ4n) is 3.06. The third kappa shape index (κ3) is 5.24. The zero-order valence-corrected chi connectivity index (χ0v) is 14.3. The number of hydrogen-bond donors (Lipinski definition) is 0. The van der Waals surface area contributed by atoms with Crippen LogP contribution in [0.3, 0.4) is 0 Å². The average Bonchev–Trinajstić information content (AvgIpc) is 2.64. The molecule has 2 aromatic carbocycles. The summed E-state index contributed by atoms with van der Waals surface area (Å²) in [5.41, 5.74) is 2.40. The van der Waals surface area contributed by atoms with Crippen molar-refractivity contribution in [2.45, 2.75) is 6.54 Å². The molecule has 0 unspecified atom stereocenters. The molecule has 0 saturated carbocycles. The van der Waals surface area contributed by atoms with Gasteiger partial charge in [0.1, 0.15) is 0 Å². The summed E-state index contributed by atoms with van der Waals surface area (Å²) in [5.74, 6) is 0. The molecule has 0 atom stereocenters. The van der Waals surface area contributed by atoms with Gasteiger partial charge in [-0.2, -0.15) is 0 Å². The van der Waals surface area contributed by atoms with E-state index in [9.17, 15) is 10.1 Å². The molecule has 2 aromatic rings. The first-order valence-electron chi connectivity index (χ1n) is 8.60. The topological polar surface area (TPSA) is 49.6 Å². The first-order chi connectivity index (χ1) is 12.2. The van der Waals surface area contributed by atoms with E-state index in [1.165, 1.54) is 5.56 Å². The Balaban J connectivity index is 1.45. The van der Waals surface area contributed by atoms with Crippen LogP contribution in [0, 0.1) is 10.1 Å². The lowest BCUT2D eigenvalue weighted by molar-refractivity contribution is -0.384. The Bertz CT molecular complexity index is 723. The van der Waals surface area contributed by atoms with Crippen LogP contribution in [0.1, 0.15) is 11.1 Å². The van der Waals surface area contributed by atoms with Crippen molar-refractivity contribution in [3.8, 4) is 0 Å². The second kappa shape index (κ2) is 8.55. The van der Waals surface area contributed by atoms with Crippen LogP contribution in [0.5, 0.6) is 0 Å². The fraction of sp³-hybridized carbons (Fsp3) is 0.300. The van der Waals surface area contributed by atoms with Gasteiger partial charge in [0.05, 0.1) is 4.92 Å². The summed E-state index contributed by atoms with van der Waals surface area (Å²) in [6.07, 6.45) is 4.38. The molecule has 0 radical (unpaired) electrons. The van der Waals surface area contributed by atoms with E-state index in [0.717, 1.165) is 44.8 Å². The average molecular weight is 337 g/mol. The van der Waals surface area contributed by atoms with Crippen LogP contribution >= 0.6 is 0 Å². The lowest BCUT2D eigenvalue weighted by atomic mass is 10.1. The van der Waals surface area contributed by atoms with Gasteiger partial charge in [-0.05, 0) is 11.1 Å². The third-order valence-electron chi connectivity index (χ3n) is 4.47. The number of piperazine rings is 1. The van der Waals surface area contributed by atoms with Crippen LogP contribution in [0.25, 0.3) is 6.08 Å². The highest BCUT2D eigenvalue weighted by atomic mass is 16.6. The first-order valence-corrected chi connectivity index (χ1v) is 8.60. The smallest absolute Gasteiger partial charge is 0.269 e. The maximum Gasteiger partial charge on any atom is 0.269 e. The normalized spacial score (nSPS) is 16.3. The quantitative estimate of drug-likeness (QED) is 0.599. The number of nitro groups is 1. The van der Waals surface area contributed by atoms with Crippen LogP contribution in [0.15, 0.2) is 60.7 Å². The molecule has 0 N–H and O–H groups in total. The van der Waals surface area contributed by atoms with Crippen molar-refractivity contribution in [3.05, 3.63) is 81.9 Å². The molecule has 1 aliphatic rings. The molecule has 5 heteroatoms. The van der Waals surface area contributed by atoms with Crippen molar-refractivity contribution in [1.82, 2.24) is 9.80 Å². The molecular formula is C20H23N3O2. The Hall–Kier alpha value is -2.50. The predicted octanol–water partition coefficient (Wildman–Crippen LogP) is 3.43.